The number of hydrogen-bond donors (Lipinski definition) is 1. The van der Waals surface area contributed by atoms with Crippen LogP contribution >= 0.6 is 0 Å². The average molecular weight is 383 g/mol. The van der Waals surface area contributed by atoms with Crippen LogP contribution < -0.4 is 5.32 Å². The van der Waals surface area contributed by atoms with Gasteiger partial charge in [-0.25, -0.2) is 4.79 Å². The van der Waals surface area contributed by atoms with Crippen LogP contribution in [-0.4, -0.2) is 53.5 Å². The lowest BCUT2D eigenvalue weighted by Gasteiger charge is -2.24. The summed E-state index contributed by atoms with van der Waals surface area (Å²) in [6.45, 7) is 7.42. The molecule has 5 heteroatoms. The predicted octanol–water partition coefficient (Wildman–Crippen LogP) is 3.96. The van der Waals surface area contributed by atoms with Crippen molar-refractivity contribution >= 4 is 6.03 Å². The number of carbonyl (C=O) groups is 1. The molecule has 0 aliphatic rings. The third kappa shape index (κ3) is 8.09. The molecule has 0 spiro atoms. The molecule has 0 bridgehead atoms. The number of hydrogen-bond acceptors (Lipinski definition) is 3. The Kier molecular flexibility index (Phi) is 9.49. The quantitative estimate of drug-likeness (QED) is 0.599. The summed E-state index contributed by atoms with van der Waals surface area (Å²) < 4.78 is 0. The fourth-order valence-electron chi connectivity index (χ4n) is 2.92. The van der Waals surface area contributed by atoms with Gasteiger partial charge in [-0.1, -0.05) is 36.4 Å². The van der Waals surface area contributed by atoms with Gasteiger partial charge < -0.3 is 15.1 Å². The van der Waals surface area contributed by atoms with Crippen LogP contribution in [0.5, 0.6) is 0 Å². The van der Waals surface area contributed by atoms with Gasteiger partial charge in [-0.15, -0.1) is 0 Å². The number of benzene rings is 1. The van der Waals surface area contributed by atoms with Gasteiger partial charge in [0.15, 0.2) is 0 Å². The molecule has 2 amide bonds. The number of rotatable bonds is 11. The molecule has 1 aromatic carbocycles. The van der Waals surface area contributed by atoms with Gasteiger partial charge in [0, 0.05) is 38.1 Å². The van der Waals surface area contributed by atoms with Gasteiger partial charge in [0.05, 0.1) is 0 Å². The minimum atomic E-state index is -0.00278. The molecule has 0 unspecified atom stereocenters. The van der Waals surface area contributed by atoms with Crippen molar-refractivity contribution in [3.05, 3.63) is 66.0 Å². The van der Waals surface area contributed by atoms with Gasteiger partial charge in [-0.3, -0.25) is 4.98 Å². The third-order valence-electron chi connectivity index (χ3n) is 4.99. The van der Waals surface area contributed by atoms with Crippen molar-refractivity contribution in [3.63, 3.8) is 0 Å². The molecule has 2 aromatic rings. The van der Waals surface area contributed by atoms with Gasteiger partial charge in [-0.05, 0) is 63.9 Å². The monoisotopic (exact) mass is 382 g/mol. The Hall–Kier alpha value is -2.40. The second-order valence-corrected chi connectivity index (χ2v) is 7.53. The van der Waals surface area contributed by atoms with E-state index in [0.29, 0.717) is 25.7 Å². The minimum Gasteiger partial charge on any atom is -0.338 e. The molecule has 1 aromatic heterocycles. The number of nitrogens with zero attached hydrogens (tertiary/aromatic N) is 3. The molecule has 5 nitrogen and oxygen atoms in total. The van der Waals surface area contributed by atoms with Gasteiger partial charge in [0.25, 0.3) is 0 Å². The maximum absolute atomic E-state index is 12.8. The summed E-state index contributed by atoms with van der Waals surface area (Å²) in [6.07, 6.45) is 6.49. The summed E-state index contributed by atoms with van der Waals surface area (Å²) in [7, 11) is 2.14. The first-order valence-electron chi connectivity index (χ1n) is 10.2. The lowest BCUT2D eigenvalue weighted by Crippen LogP contribution is -2.41. The third-order valence-corrected chi connectivity index (χ3v) is 4.99. The zero-order chi connectivity index (χ0) is 20.2. The lowest BCUT2D eigenvalue weighted by molar-refractivity contribution is 0.195. The summed E-state index contributed by atoms with van der Waals surface area (Å²) in [5.74, 6) is 0. The van der Waals surface area contributed by atoms with Crippen LogP contribution in [0.4, 0.5) is 4.79 Å². The van der Waals surface area contributed by atoms with Crippen molar-refractivity contribution < 1.29 is 4.79 Å². The van der Waals surface area contributed by atoms with Gasteiger partial charge in [-0.2, -0.15) is 0 Å². The van der Waals surface area contributed by atoms with Crippen molar-refractivity contribution in [2.45, 2.75) is 45.7 Å². The summed E-state index contributed by atoms with van der Waals surface area (Å²) >= 11 is 0. The van der Waals surface area contributed by atoms with E-state index in [-0.39, 0.29) is 6.03 Å². The topological polar surface area (TPSA) is 48.5 Å². The second kappa shape index (κ2) is 12.1. The van der Waals surface area contributed by atoms with E-state index >= 15 is 0 Å². The van der Waals surface area contributed by atoms with Crippen LogP contribution in [0.15, 0.2) is 54.9 Å². The summed E-state index contributed by atoms with van der Waals surface area (Å²) in [6, 6.07) is 14.8. The SMILES string of the molecule is CC(C)N(C)CCCCNC(=O)N(CCc1ccccc1)Cc1cccnc1. The number of carbonyl (C=O) groups excluding carboxylic acids is 1. The number of unbranched alkanes of at least 4 members (excludes halogenated alkanes) is 1. The molecule has 0 aliphatic heterocycles. The van der Waals surface area contributed by atoms with E-state index in [1.807, 2.05) is 41.4 Å². The fourth-order valence-corrected chi connectivity index (χ4v) is 2.92. The van der Waals surface area contributed by atoms with Crippen molar-refractivity contribution in [3.8, 4) is 0 Å². The Balaban J connectivity index is 1.83. The van der Waals surface area contributed by atoms with E-state index in [4.69, 9.17) is 0 Å². The molecule has 0 fully saturated rings. The van der Waals surface area contributed by atoms with Crippen LogP contribution in [0.3, 0.4) is 0 Å². The first-order valence-corrected chi connectivity index (χ1v) is 10.2. The van der Waals surface area contributed by atoms with Gasteiger partial charge in [0.2, 0.25) is 0 Å². The predicted molar refractivity (Wildman–Crippen MR) is 115 cm³/mol. The fraction of sp³-hybridized carbons (Fsp3) is 0.478. The molecular formula is C23H34N4O. The van der Waals surface area contributed by atoms with Crippen LogP contribution in [0.25, 0.3) is 0 Å². The summed E-state index contributed by atoms with van der Waals surface area (Å²) in [5.41, 5.74) is 2.28. The highest BCUT2D eigenvalue weighted by Gasteiger charge is 2.14. The standard InChI is InChI=1S/C23H34N4O/c1-20(2)26(3)16-8-7-15-25-23(28)27(19-22-12-9-14-24-18-22)17-13-21-10-5-4-6-11-21/h4-6,9-12,14,18,20H,7-8,13,15-17,19H2,1-3H3,(H,25,28). The molecule has 28 heavy (non-hydrogen) atoms. The smallest absolute Gasteiger partial charge is 0.317 e. The van der Waals surface area contributed by atoms with E-state index in [0.717, 1.165) is 31.4 Å². The van der Waals surface area contributed by atoms with Crippen molar-refractivity contribution in [1.82, 2.24) is 20.1 Å². The van der Waals surface area contributed by atoms with Gasteiger partial charge >= 0.3 is 6.03 Å². The highest BCUT2D eigenvalue weighted by Crippen LogP contribution is 2.07. The zero-order valence-electron chi connectivity index (χ0n) is 17.5. The molecular weight excluding hydrogens is 348 g/mol. The number of pyridine rings is 1. The number of aromatic nitrogens is 1. The molecule has 0 saturated carbocycles. The Morgan fingerprint density at radius 2 is 1.79 bits per heavy atom. The Morgan fingerprint density at radius 3 is 2.46 bits per heavy atom. The molecule has 0 radical (unpaired) electrons. The molecule has 1 N–H and O–H groups in total. The highest BCUT2D eigenvalue weighted by atomic mass is 16.2. The lowest BCUT2D eigenvalue weighted by atomic mass is 10.1. The molecule has 1 heterocycles. The van der Waals surface area contributed by atoms with Crippen LogP contribution in [-0.2, 0) is 13.0 Å². The van der Waals surface area contributed by atoms with Gasteiger partial charge in [0.1, 0.15) is 0 Å². The Labute approximate surface area is 169 Å². The Bertz CT molecular complexity index is 676. The van der Waals surface area contributed by atoms with Crippen molar-refractivity contribution in [2.24, 2.45) is 0 Å². The maximum Gasteiger partial charge on any atom is 0.317 e. The van der Waals surface area contributed by atoms with Crippen LogP contribution in [0.2, 0.25) is 0 Å². The van der Waals surface area contributed by atoms with E-state index in [1.165, 1.54) is 5.56 Å². The number of urea groups is 1. The molecule has 0 atom stereocenters. The highest BCUT2D eigenvalue weighted by molar-refractivity contribution is 5.74. The maximum atomic E-state index is 12.8. The second-order valence-electron chi connectivity index (χ2n) is 7.53. The van der Waals surface area contributed by atoms with E-state index in [9.17, 15) is 4.79 Å². The minimum absolute atomic E-state index is 0.00278. The first-order chi connectivity index (χ1) is 13.6. The number of amides is 2. The first kappa shape index (κ1) is 21.9. The van der Waals surface area contributed by atoms with Crippen molar-refractivity contribution in [2.75, 3.05) is 26.7 Å². The largest absolute Gasteiger partial charge is 0.338 e. The Morgan fingerprint density at radius 1 is 1.04 bits per heavy atom. The van der Waals surface area contributed by atoms with E-state index in [1.54, 1.807) is 6.20 Å². The van der Waals surface area contributed by atoms with Crippen molar-refractivity contribution in [1.29, 1.82) is 0 Å². The molecule has 2 rings (SSSR count). The van der Waals surface area contributed by atoms with E-state index < -0.39 is 0 Å². The van der Waals surface area contributed by atoms with Crippen LogP contribution in [0.1, 0.15) is 37.8 Å². The molecule has 152 valence electrons. The average Bonchev–Trinajstić information content (AvgIpc) is 2.72. The summed E-state index contributed by atoms with van der Waals surface area (Å²) in [5, 5.41) is 3.09. The van der Waals surface area contributed by atoms with E-state index in [2.05, 4.69) is 48.2 Å². The number of nitrogens with one attached hydrogen (secondary N) is 1. The summed E-state index contributed by atoms with van der Waals surface area (Å²) in [4.78, 5) is 21.1. The van der Waals surface area contributed by atoms with Crippen LogP contribution in [0, 0.1) is 0 Å². The molecule has 0 aliphatic carbocycles. The zero-order valence-corrected chi connectivity index (χ0v) is 17.5. The normalized spacial score (nSPS) is 11.0. The molecule has 0 saturated heterocycles.